The zero-order valence-corrected chi connectivity index (χ0v) is 17.3. The van der Waals surface area contributed by atoms with Crippen LogP contribution in [0.15, 0.2) is 54.6 Å². The highest BCUT2D eigenvalue weighted by molar-refractivity contribution is 6.06. The summed E-state index contributed by atoms with van der Waals surface area (Å²) in [5.41, 5.74) is 1.37. The van der Waals surface area contributed by atoms with Crippen molar-refractivity contribution in [1.82, 2.24) is 0 Å². The molecule has 0 radical (unpaired) electrons. The lowest BCUT2D eigenvalue weighted by Crippen LogP contribution is -2.72. The summed E-state index contributed by atoms with van der Waals surface area (Å²) in [6.07, 6.45) is -0.815. The first-order valence-corrected chi connectivity index (χ1v) is 9.59. The van der Waals surface area contributed by atoms with E-state index in [-0.39, 0.29) is 11.9 Å². The van der Waals surface area contributed by atoms with Crippen LogP contribution in [0.2, 0.25) is 0 Å². The maximum atomic E-state index is 12.8. The molecule has 2 aromatic carbocycles. The van der Waals surface area contributed by atoms with Crippen molar-refractivity contribution in [2.24, 2.45) is 5.41 Å². The van der Waals surface area contributed by atoms with Gasteiger partial charge in [0.1, 0.15) is 5.75 Å². The van der Waals surface area contributed by atoms with Gasteiger partial charge in [-0.25, -0.2) is 0 Å². The van der Waals surface area contributed by atoms with E-state index in [2.05, 4.69) is 0 Å². The summed E-state index contributed by atoms with van der Waals surface area (Å²) in [7, 11) is 1.59. The molecular weight excluding hydrogens is 370 g/mol. The Bertz CT molecular complexity index is 847. The van der Waals surface area contributed by atoms with Gasteiger partial charge in [-0.05, 0) is 29.8 Å². The molecule has 1 aliphatic heterocycles. The van der Waals surface area contributed by atoms with E-state index in [9.17, 15) is 9.59 Å². The van der Waals surface area contributed by atoms with Crippen LogP contribution in [0, 0.1) is 5.41 Å². The fraction of sp³-hybridized carbons (Fsp3) is 0.391. The molecule has 0 saturated carbocycles. The van der Waals surface area contributed by atoms with E-state index < -0.39 is 17.5 Å². The van der Waals surface area contributed by atoms with Crippen molar-refractivity contribution < 1.29 is 23.8 Å². The Kier molecular flexibility index (Phi) is 6.23. The number of carbonyl (C=O) groups excluding carboxylic acids is 2. The number of rotatable bonds is 8. The largest absolute Gasteiger partial charge is 0.497 e. The van der Waals surface area contributed by atoms with Gasteiger partial charge in [-0.1, -0.05) is 44.2 Å². The van der Waals surface area contributed by atoms with E-state index in [4.69, 9.17) is 14.2 Å². The van der Waals surface area contributed by atoms with Gasteiger partial charge in [0.05, 0.1) is 26.4 Å². The van der Waals surface area contributed by atoms with Crippen LogP contribution in [0.4, 0.5) is 5.69 Å². The number of benzene rings is 2. The van der Waals surface area contributed by atoms with Gasteiger partial charge in [0.15, 0.2) is 0 Å². The highest BCUT2D eigenvalue weighted by Crippen LogP contribution is 2.41. The Morgan fingerprint density at radius 3 is 2.31 bits per heavy atom. The Labute approximate surface area is 171 Å². The third-order valence-corrected chi connectivity index (χ3v) is 5.08. The lowest BCUT2D eigenvalue weighted by molar-refractivity contribution is -0.165. The molecule has 6 nitrogen and oxygen atoms in total. The number of β-lactam (4-membered cyclic amide) rings is 1. The number of amides is 1. The number of methoxy groups -OCH3 is 1. The standard InChI is InChI=1S/C23H27NO5/c1-16(25)29-20-21(23(2,3)15-28-14-17-8-6-5-7-9-17)24(22(20)26)18-10-12-19(27-4)13-11-18/h5-13,20-21H,14-15H2,1-4H3/t20-,21-/m1/s1. The smallest absolute Gasteiger partial charge is 0.303 e. The van der Waals surface area contributed by atoms with Gasteiger partial charge >= 0.3 is 5.97 Å². The minimum atomic E-state index is -0.815. The average Bonchev–Trinajstić information content (AvgIpc) is 2.70. The molecule has 3 rings (SSSR count). The zero-order valence-electron chi connectivity index (χ0n) is 17.3. The summed E-state index contributed by atoms with van der Waals surface area (Å²) in [4.78, 5) is 26.0. The van der Waals surface area contributed by atoms with Gasteiger partial charge in [-0.2, -0.15) is 0 Å². The summed E-state index contributed by atoms with van der Waals surface area (Å²) in [6, 6.07) is 16.8. The van der Waals surface area contributed by atoms with Crippen LogP contribution in [0.5, 0.6) is 5.75 Å². The van der Waals surface area contributed by atoms with E-state index >= 15 is 0 Å². The van der Waals surface area contributed by atoms with Crippen molar-refractivity contribution >= 4 is 17.6 Å². The fourth-order valence-corrected chi connectivity index (χ4v) is 3.64. The Morgan fingerprint density at radius 2 is 1.72 bits per heavy atom. The van der Waals surface area contributed by atoms with Crippen molar-refractivity contribution in [3.63, 3.8) is 0 Å². The molecule has 6 heteroatoms. The molecule has 1 amide bonds. The van der Waals surface area contributed by atoms with E-state index in [1.807, 2.05) is 56.3 Å². The highest BCUT2D eigenvalue weighted by Gasteiger charge is 2.57. The van der Waals surface area contributed by atoms with E-state index in [0.717, 1.165) is 11.3 Å². The predicted octanol–water partition coefficient (Wildman–Crippen LogP) is 3.59. The lowest BCUT2D eigenvalue weighted by Gasteiger charge is -2.52. The number of anilines is 1. The van der Waals surface area contributed by atoms with Gasteiger partial charge in [0.2, 0.25) is 6.10 Å². The van der Waals surface area contributed by atoms with Gasteiger partial charge in [0, 0.05) is 18.0 Å². The lowest BCUT2D eigenvalue weighted by atomic mass is 9.75. The second-order valence-electron chi connectivity index (χ2n) is 7.85. The monoisotopic (exact) mass is 397 g/mol. The Balaban J connectivity index is 1.77. The van der Waals surface area contributed by atoms with Gasteiger partial charge in [-0.3, -0.25) is 9.59 Å². The number of ether oxygens (including phenoxy) is 3. The van der Waals surface area contributed by atoms with Crippen molar-refractivity contribution in [3.05, 3.63) is 60.2 Å². The van der Waals surface area contributed by atoms with Crippen LogP contribution in [-0.4, -0.2) is 37.7 Å². The zero-order chi connectivity index (χ0) is 21.0. The third kappa shape index (κ3) is 4.59. The van der Waals surface area contributed by atoms with Crippen molar-refractivity contribution in [2.75, 3.05) is 18.6 Å². The summed E-state index contributed by atoms with van der Waals surface area (Å²) in [6.45, 7) is 6.24. The topological polar surface area (TPSA) is 65.1 Å². The van der Waals surface area contributed by atoms with Gasteiger partial charge in [0.25, 0.3) is 5.91 Å². The summed E-state index contributed by atoms with van der Waals surface area (Å²) >= 11 is 0. The number of esters is 1. The molecule has 0 unspecified atom stereocenters. The number of hydrogen-bond donors (Lipinski definition) is 0. The second-order valence-corrected chi connectivity index (χ2v) is 7.85. The van der Waals surface area contributed by atoms with Crippen LogP contribution in [0.1, 0.15) is 26.3 Å². The molecule has 29 heavy (non-hydrogen) atoms. The summed E-state index contributed by atoms with van der Waals surface area (Å²) in [5.74, 6) is 0.00972. The van der Waals surface area contributed by atoms with Crippen molar-refractivity contribution in [1.29, 1.82) is 0 Å². The highest BCUT2D eigenvalue weighted by atomic mass is 16.6. The van der Waals surface area contributed by atoms with E-state index in [1.165, 1.54) is 6.92 Å². The molecule has 1 saturated heterocycles. The SMILES string of the molecule is COc1ccc(N2C(=O)[C@H](OC(C)=O)[C@@H]2C(C)(C)COCc2ccccc2)cc1. The molecule has 2 atom stereocenters. The molecule has 154 valence electrons. The average molecular weight is 397 g/mol. The van der Waals surface area contributed by atoms with Gasteiger partial charge < -0.3 is 19.1 Å². The molecule has 1 aliphatic rings. The molecular formula is C23H27NO5. The minimum absolute atomic E-state index is 0.230. The third-order valence-electron chi connectivity index (χ3n) is 5.08. The van der Waals surface area contributed by atoms with Crippen molar-refractivity contribution in [3.8, 4) is 5.75 Å². The maximum absolute atomic E-state index is 12.8. The predicted molar refractivity (Wildman–Crippen MR) is 110 cm³/mol. The van der Waals surface area contributed by atoms with Gasteiger partial charge in [-0.15, -0.1) is 0 Å². The van der Waals surface area contributed by atoms with Crippen LogP contribution in [0.3, 0.4) is 0 Å². The van der Waals surface area contributed by atoms with E-state index in [0.29, 0.717) is 19.0 Å². The molecule has 1 fully saturated rings. The normalized spacial score (nSPS) is 18.9. The number of nitrogens with zero attached hydrogens (tertiary/aromatic N) is 1. The Hall–Kier alpha value is -2.86. The second kappa shape index (κ2) is 8.66. The molecule has 2 aromatic rings. The first-order chi connectivity index (χ1) is 13.8. The molecule has 1 heterocycles. The molecule has 0 spiro atoms. The van der Waals surface area contributed by atoms with Crippen LogP contribution in [-0.2, 0) is 25.7 Å². The minimum Gasteiger partial charge on any atom is -0.497 e. The molecule has 0 aromatic heterocycles. The fourth-order valence-electron chi connectivity index (χ4n) is 3.64. The quantitative estimate of drug-likeness (QED) is 0.503. The van der Waals surface area contributed by atoms with Crippen LogP contribution in [0.25, 0.3) is 0 Å². The summed E-state index contributed by atoms with van der Waals surface area (Å²) < 4.78 is 16.5. The van der Waals surface area contributed by atoms with Crippen LogP contribution >= 0.6 is 0 Å². The molecule has 0 bridgehead atoms. The Morgan fingerprint density at radius 1 is 1.07 bits per heavy atom. The summed E-state index contributed by atoms with van der Waals surface area (Å²) in [5, 5.41) is 0. The van der Waals surface area contributed by atoms with Crippen molar-refractivity contribution in [2.45, 2.75) is 39.5 Å². The molecule has 0 N–H and O–H groups in total. The molecule has 0 aliphatic carbocycles. The maximum Gasteiger partial charge on any atom is 0.303 e. The number of hydrogen-bond acceptors (Lipinski definition) is 5. The van der Waals surface area contributed by atoms with E-state index in [1.54, 1.807) is 24.1 Å². The van der Waals surface area contributed by atoms with Crippen LogP contribution < -0.4 is 9.64 Å². The first-order valence-electron chi connectivity index (χ1n) is 9.59. The first kappa shape index (κ1) is 20.9. The number of carbonyl (C=O) groups is 2.